The molecule has 1 aromatic rings. The predicted molar refractivity (Wildman–Crippen MR) is 68.8 cm³/mol. The quantitative estimate of drug-likeness (QED) is 0.595. The van der Waals surface area contributed by atoms with E-state index in [1.54, 1.807) is 0 Å². The van der Waals surface area contributed by atoms with Crippen LogP contribution in [0.25, 0.3) is 0 Å². The van der Waals surface area contributed by atoms with Crippen LogP contribution in [0.15, 0.2) is 0 Å². The lowest BCUT2D eigenvalue weighted by Gasteiger charge is -2.09. The number of halogens is 1. The number of aromatic nitrogens is 2. The first-order valence-corrected chi connectivity index (χ1v) is 6.06. The van der Waals surface area contributed by atoms with Crippen LogP contribution in [0, 0.1) is 6.92 Å². The van der Waals surface area contributed by atoms with Crippen molar-refractivity contribution in [2.75, 3.05) is 17.6 Å². The van der Waals surface area contributed by atoms with Crippen LogP contribution in [0.5, 0.6) is 0 Å². The monoisotopic (exact) mass is 242 g/mol. The summed E-state index contributed by atoms with van der Waals surface area (Å²) in [6.07, 6.45) is 4.84. The minimum Gasteiger partial charge on any atom is -0.394 e. The number of nitrogens with one attached hydrogen (secondary N) is 1. The van der Waals surface area contributed by atoms with Gasteiger partial charge in [0.25, 0.3) is 0 Å². The van der Waals surface area contributed by atoms with E-state index in [4.69, 9.17) is 17.3 Å². The molecule has 0 amide bonds. The SMILES string of the molecule is CCCCCCNc1nc(Cl)nc(C)c1N. The van der Waals surface area contributed by atoms with Crippen molar-refractivity contribution in [2.24, 2.45) is 0 Å². The van der Waals surface area contributed by atoms with Crippen molar-refractivity contribution < 1.29 is 0 Å². The second-order valence-electron chi connectivity index (χ2n) is 3.83. The highest BCUT2D eigenvalue weighted by molar-refractivity contribution is 6.28. The molecule has 1 aromatic heterocycles. The van der Waals surface area contributed by atoms with E-state index in [0.717, 1.165) is 18.7 Å². The molecule has 3 N–H and O–H groups in total. The molecule has 0 fully saturated rings. The van der Waals surface area contributed by atoms with Crippen LogP contribution in [0.4, 0.5) is 11.5 Å². The number of nitrogens with zero attached hydrogens (tertiary/aromatic N) is 2. The van der Waals surface area contributed by atoms with E-state index < -0.39 is 0 Å². The van der Waals surface area contributed by atoms with E-state index in [9.17, 15) is 0 Å². The van der Waals surface area contributed by atoms with Crippen molar-refractivity contribution in [3.63, 3.8) is 0 Å². The van der Waals surface area contributed by atoms with Crippen LogP contribution in [-0.2, 0) is 0 Å². The van der Waals surface area contributed by atoms with Crippen molar-refractivity contribution in [1.82, 2.24) is 9.97 Å². The summed E-state index contributed by atoms with van der Waals surface area (Å²) in [6, 6.07) is 0. The molecule has 90 valence electrons. The fourth-order valence-electron chi connectivity index (χ4n) is 1.44. The molecule has 0 unspecified atom stereocenters. The fraction of sp³-hybridized carbons (Fsp3) is 0.636. The molecule has 5 heteroatoms. The van der Waals surface area contributed by atoms with Gasteiger partial charge in [0, 0.05) is 6.54 Å². The molecule has 4 nitrogen and oxygen atoms in total. The number of aryl methyl sites for hydroxylation is 1. The molecular weight excluding hydrogens is 224 g/mol. The standard InChI is InChI=1S/C11H19ClN4/c1-3-4-5-6-7-14-10-9(13)8(2)15-11(12)16-10/h3-7,13H2,1-2H3,(H,14,15,16). The van der Waals surface area contributed by atoms with Crippen molar-refractivity contribution in [2.45, 2.75) is 39.5 Å². The summed E-state index contributed by atoms with van der Waals surface area (Å²) in [6.45, 7) is 4.89. The van der Waals surface area contributed by atoms with Gasteiger partial charge in [0.05, 0.1) is 11.4 Å². The third-order valence-corrected chi connectivity index (χ3v) is 2.60. The maximum Gasteiger partial charge on any atom is 0.224 e. The number of hydrogen-bond acceptors (Lipinski definition) is 4. The number of unbranched alkanes of at least 4 members (excludes halogenated alkanes) is 3. The minimum atomic E-state index is 0.239. The Morgan fingerprint density at radius 1 is 1.25 bits per heavy atom. The molecule has 0 radical (unpaired) electrons. The number of nitrogen functional groups attached to an aromatic ring is 1. The van der Waals surface area contributed by atoms with Gasteiger partial charge < -0.3 is 11.1 Å². The second kappa shape index (κ2) is 6.53. The maximum absolute atomic E-state index is 5.85. The number of nitrogens with two attached hydrogens (primary N) is 1. The second-order valence-corrected chi connectivity index (χ2v) is 4.17. The van der Waals surface area contributed by atoms with Crippen molar-refractivity contribution in [3.05, 3.63) is 11.0 Å². The zero-order valence-corrected chi connectivity index (χ0v) is 10.6. The van der Waals surface area contributed by atoms with E-state index in [-0.39, 0.29) is 5.28 Å². The van der Waals surface area contributed by atoms with Gasteiger partial charge in [-0.1, -0.05) is 26.2 Å². The summed E-state index contributed by atoms with van der Waals surface area (Å²) in [5.74, 6) is 0.647. The Morgan fingerprint density at radius 2 is 2.00 bits per heavy atom. The Labute approximate surface area is 102 Å². The van der Waals surface area contributed by atoms with Crippen LogP contribution in [-0.4, -0.2) is 16.5 Å². The predicted octanol–water partition coefficient (Wildman–Crippen LogP) is 3.01. The summed E-state index contributed by atoms with van der Waals surface area (Å²) in [5, 5.41) is 3.43. The van der Waals surface area contributed by atoms with Crippen molar-refractivity contribution >= 4 is 23.1 Å². The lowest BCUT2D eigenvalue weighted by atomic mass is 10.2. The molecule has 1 rings (SSSR count). The first-order valence-electron chi connectivity index (χ1n) is 5.68. The Kier molecular flexibility index (Phi) is 5.32. The van der Waals surface area contributed by atoms with E-state index in [0.29, 0.717) is 11.5 Å². The minimum absolute atomic E-state index is 0.239. The van der Waals surface area contributed by atoms with E-state index in [1.807, 2.05) is 6.92 Å². The largest absolute Gasteiger partial charge is 0.394 e. The average molecular weight is 243 g/mol. The van der Waals surface area contributed by atoms with Gasteiger partial charge in [0.2, 0.25) is 5.28 Å². The Morgan fingerprint density at radius 3 is 2.69 bits per heavy atom. The molecule has 1 heterocycles. The summed E-state index contributed by atoms with van der Waals surface area (Å²) in [7, 11) is 0. The molecule has 0 saturated carbocycles. The zero-order valence-electron chi connectivity index (χ0n) is 9.89. The van der Waals surface area contributed by atoms with Gasteiger partial charge in [0.15, 0.2) is 5.82 Å². The molecule has 0 aliphatic rings. The van der Waals surface area contributed by atoms with Gasteiger partial charge in [-0.3, -0.25) is 0 Å². The summed E-state index contributed by atoms with van der Waals surface area (Å²) >= 11 is 5.77. The van der Waals surface area contributed by atoms with Gasteiger partial charge in [0.1, 0.15) is 0 Å². The highest BCUT2D eigenvalue weighted by Gasteiger charge is 2.06. The molecule has 0 aromatic carbocycles. The molecule has 0 atom stereocenters. The zero-order chi connectivity index (χ0) is 12.0. The molecule has 0 spiro atoms. The van der Waals surface area contributed by atoms with Gasteiger partial charge in [-0.15, -0.1) is 0 Å². The molecular formula is C11H19ClN4. The van der Waals surface area contributed by atoms with Crippen LogP contribution >= 0.6 is 11.6 Å². The first-order chi connectivity index (χ1) is 7.65. The Bertz CT molecular complexity index is 341. The van der Waals surface area contributed by atoms with Crippen molar-refractivity contribution in [3.8, 4) is 0 Å². The van der Waals surface area contributed by atoms with Gasteiger partial charge in [-0.05, 0) is 24.9 Å². The van der Waals surface area contributed by atoms with Crippen LogP contribution < -0.4 is 11.1 Å². The van der Waals surface area contributed by atoms with Crippen molar-refractivity contribution in [1.29, 1.82) is 0 Å². The lowest BCUT2D eigenvalue weighted by Crippen LogP contribution is -2.08. The molecule has 16 heavy (non-hydrogen) atoms. The van der Waals surface area contributed by atoms with E-state index >= 15 is 0 Å². The number of anilines is 2. The molecule has 0 saturated heterocycles. The average Bonchev–Trinajstić information content (AvgIpc) is 2.24. The summed E-state index contributed by atoms with van der Waals surface area (Å²) in [5.41, 5.74) is 7.15. The van der Waals surface area contributed by atoms with Crippen LogP contribution in [0.3, 0.4) is 0 Å². The fourth-order valence-corrected chi connectivity index (χ4v) is 1.65. The highest BCUT2D eigenvalue weighted by atomic mass is 35.5. The smallest absolute Gasteiger partial charge is 0.224 e. The van der Waals surface area contributed by atoms with Gasteiger partial charge in [-0.25, -0.2) is 4.98 Å². The lowest BCUT2D eigenvalue weighted by molar-refractivity contribution is 0.684. The number of rotatable bonds is 6. The topological polar surface area (TPSA) is 63.8 Å². The Balaban J connectivity index is 2.47. The summed E-state index contributed by atoms with van der Waals surface area (Å²) in [4.78, 5) is 8.05. The maximum atomic E-state index is 5.85. The number of hydrogen-bond donors (Lipinski definition) is 2. The molecule has 0 aliphatic carbocycles. The van der Waals surface area contributed by atoms with Crippen LogP contribution in [0.2, 0.25) is 5.28 Å². The normalized spacial score (nSPS) is 10.4. The third-order valence-electron chi connectivity index (χ3n) is 2.43. The Hall–Kier alpha value is -1.03. The van der Waals surface area contributed by atoms with Gasteiger partial charge in [-0.2, -0.15) is 4.98 Å². The highest BCUT2D eigenvalue weighted by Crippen LogP contribution is 2.20. The third kappa shape index (κ3) is 3.85. The first kappa shape index (κ1) is 13.0. The van der Waals surface area contributed by atoms with Crippen LogP contribution in [0.1, 0.15) is 38.3 Å². The molecule has 0 bridgehead atoms. The van der Waals surface area contributed by atoms with Gasteiger partial charge >= 0.3 is 0 Å². The van der Waals surface area contributed by atoms with E-state index in [2.05, 4.69) is 22.2 Å². The van der Waals surface area contributed by atoms with E-state index in [1.165, 1.54) is 19.3 Å². The summed E-state index contributed by atoms with van der Waals surface area (Å²) < 4.78 is 0. The molecule has 0 aliphatic heterocycles.